The molecule has 1 amide bonds. The van der Waals surface area contributed by atoms with Gasteiger partial charge in [0, 0.05) is 50.1 Å². The van der Waals surface area contributed by atoms with Crippen LogP contribution in [0, 0.1) is 0 Å². The van der Waals surface area contributed by atoms with Crippen LogP contribution in [0.4, 0.5) is 5.13 Å². The molecular formula is C32H23Cl2N5OS2. The number of halogens is 2. The monoisotopic (exact) mass is 627 g/mol. The molecule has 2 aromatic heterocycles. The van der Waals surface area contributed by atoms with Crippen LogP contribution < -0.4 is 5.32 Å². The third-order valence-corrected chi connectivity index (χ3v) is 8.93. The first-order valence-corrected chi connectivity index (χ1v) is 15.6. The number of thiazole rings is 1. The van der Waals surface area contributed by atoms with Crippen molar-refractivity contribution < 1.29 is 4.79 Å². The molecule has 0 atom stereocenters. The fourth-order valence-electron chi connectivity index (χ4n) is 4.33. The summed E-state index contributed by atoms with van der Waals surface area (Å²) in [6.45, 7) is 0. The summed E-state index contributed by atoms with van der Waals surface area (Å²) in [6.07, 6.45) is 2.33. The molecule has 0 saturated carbocycles. The number of carbonyl (C=O) groups excluding carboxylic acids is 1. The molecular weight excluding hydrogens is 605 g/mol. The number of hydrogen-bond acceptors (Lipinski definition) is 6. The minimum Gasteiger partial charge on any atom is -0.298 e. The van der Waals surface area contributed by atoms with E-state index in [4.69, 9.17) is 23.2 Å². The van der Waals surface area contributed by atoms with Gasteiger partial charge in [-0.1, -0.05) is 95.6 Å². The van der Waals surface area contributed by atoms with Gasteiger partial charge >= 0.3 is 0 Å². The Morgan fingerprint density at radius 2 is 1.62 bits per heavy atom. The van der Waals surface area contributed by atoms with Crippen molar-refractivity contribution in [2.75, 3.05) is 5.32 Å². The second-order valence-electron chi connectivity index (χ2n) is 9.33. The first-order chi connectivity index (χ1) is 20.5. The van der Waals surface area contributed by atoms with Gasteiger partial charge in [0.25, 0.3) is 5.91 Å². The van der Waals surface area contributed by atoms with Crippen molar-refractivity contribution in [1.29, 1.82) is 0 Å². The number of nitrogens with zero attached hydrogens (tertiary/aromatic N) is 4. The summed E-state index contributed by atoms with van der Waals surface area (Å²) >= 11 is 15.4. The summed E-state index contributed by atoms with van der Waals surface area (Å²) in [7, 11) is 0. The van der Waals surface area contributed by atoms with Crippen molar-refractivity contribution in [1.82, 2.24) is 19.7 Å². The van der Waals surface area contributed by atoms with E-state index in [1.165, 1.54) is 11.3 Å². The second-order valence-corrected chi connectivity index (χ2v) is 12.2. The standard InChI is InChI=1S/C32H23Cl2N5OS2/c33-25-15-16-28(34)24(17-25)18-27-19-35-31(42-27)36-30(40)23-13-11-21(12-14-23)20-41-32-38-37-29(22-7-3-1-4-8-22)39(32)26-9-5-2-6-10-26/h1-17,19H,18,20H2,(H,35,36,40). The van der Waals surface area contributed by atoms with Gasteiger partial charge in [0.2, 0.25) is 0 Å². The van der Waals surface area contributed by atoms with E-state index in [0.717, 1.165) is 38.2 Å². The van der Waals surface area contributed by atoms with E-state index < -0.39 is 0 Å². The Hall–Kier alpha value is -3.95. The average Bonchev–Trinajstić information content (AvgIpc) is 3.66. The molecule has 0 aliphatic carbocycles. The van der Waals surface area contributed by atoms with E-state index in [9.17, 15) is 4.79 Å². The molecule has 0 radical (unpaired) electrons. The maximum Gasteiger partial charge on any atom is 0.257 e. The lowest BCUT2D eigenvalue weighted by atomic mass is 10.1. The van der Waals surface area contributed by atoms with E-state index in [2.05, 4.69) is 25.1 Å². The normalized spacial score (nSPS) is 11.0. The Balaban J connectivity index is 1.11. The molecule has 4 aromatic carbocycles. The van der Waals surface area contributed by atoms with Gasteiger partial charge in [0.05, 0.1) is 0 Å². The highest BCUT2D eigenvalue weighted by Gasteiger charge is 2.16. The van der Waals surface area contributed by atoms with Crippen LogP contribution in [0.15, 0.2) is 114 Å². The lowest BCUT2D eigenvalue weighted by Gasteiger charge is -2.10. The van der Waals surface area contributed by atoms with Gasteiger partial charge in [0.1, 0.15) is 0 Å². The topological polar surface area (TPSA) is 72.7 Å². The fourth-order valence-corrected chi connectivity index (χ4v) is 6.45. The van der Waals surface area contributed by atoms with Gasteiger partial charge in [-0.3, -0.25) is 14.7 Å². The van der Waals surface area contributed by atoms with Gasteiger partial charge in [-0.15, -0.1) is 21.5 Å². The largest absolute Gasteiger partial charge is 0.298 e. The molecule has 42 heavy (non-hydrogen) atoms. The minimum atomic E-state index is -0.216. The molecule has 208 valence electrons. The predicted molar refractivity (Wildman–Crippen MR) is 172 cm³/mol. The summed E-state index contributed by atoms with van der Waals surface area (Å²) in [5.41, 5.74) is 4.53. The second kappa shape index (κ2) is 12.9. The summed E-state index contributed by atoms with van der Waals surface area (Å²) in [4.78, 5) is 18.2. The molecule has 6 nitrogen and oxygen atoms in total. The predicted octanol–water partition coefficient (Wildman–Crippen LogP) is 8.83. The molecule has 6 aromatic rings. The number of nitrogens with one attached hydrogen (secondary N) is 1. The molecule has 0 bridgehead atoms. The third kappa shape index (κ3) is 6.58. The van der Waals surface area contributed by atoms with Crippen LogP contribution in [0.2, 0.25) is 10.0 Å². The molecule has 0 saturated heterocycles. The SMILES string of the molecule is O=C(Nc1ncc(Cc2cc(Cl)ccc2Cl)s1)c1ccc(CSc2nnc(-c3ccccc3)n2-c2ccccc2)cc1. The Morgan fingerprint density at radius 3 is 2.38 bits per heavy atom. The minimum absolute atomic E-state index is 0.216. The highest BCUT2D eigenvalue weighted by molar-refractivity contribution is 7.98. The van der Waals surface area contributed by atoms with Gasteiger partial charge in [-0.2, -0.15) is 0 Å². The molecule has 0 aliphatic heterocycles. The number of rotatable bonds is 9. The number of aromatic nitrogens is 4. The fraction of sp³-hybridized carbons (Fsp3) is 0.0625. The van der Waals surface area contributed by atoms with Crippen molar-refractivity contribution in [2.24, 2.45) is 0 Å². The van der Waals surface area contributed by atoms with E-state index in [1.807, 2.05) is 91.0 Å². The van der Waals surface area contributed by atoms with Gasteiger partial charge in [0.15, 0.2) is 16.1 Å². The van der Waals surface area contributed by atoms with Crippen molar-refractivity contribution in [2.45, 2.75) is 17.3 Å². The number of amides is 1. The maximum atomic E-state index is 12.9. The summed E-state index contributed by atoms with van der Waals surface area (Å²) in [5, 5.41) is 14.5. The van der Waals surface area contributed by atoms with Gasteiger partial charge < -0.3 is 0 Å². The molecule has 2 heterocycles. The third-order valence-electron chi connectivity index (χ3n) is 6.41. The van der Waals surface area contributed by atoms with Crippen molar-refractivity contribution in [3.8, 4) is 17.1 Å². The van der Waals surface area contributed by atoms with Gasteiger partial charge in [-0.05, 0) is 53.6 Å². The zero-order valence-electron chi connectivity index (χ0n) is 22.1. The van der Waals surface area contributed by atoms with Crippen molar-refractivity contribution >= 4 is 57.3 Å². The summed E-state index contributed by atoms with van der Waals surface area (Å²) in [5.74, 6) is 1.24. The van der Waals surface area contributed by atoms with E-state index in [0.29, 0.717) is 32.9 Å². The highest BCUT2D eigenvalue weighted by atomic mass is 35.5. The van der Waals surface area contributed by atoms with Crippen LogP contribution in [0.3, 0.4) is 0 Å². The zero-order chi connectivity index (χ0) is 28.9. The van der Waals surface area contributed by atoms with Crippen LogP contribution in [0.25, 0.3) is 17.1 Å². The van der Waals surface area contributed by atoms with E-state index in [1.54, 1.807) is 30.1 Å². The quantitative estimate of drug-likeness (QED) is 0.162. The van der Waals surface area contributed by atoms with Crippen molar-refractivity contribution in [3.63, 3.8) is 0 Å². The van der Waals surface area contributed by atoms with E-state index in [-0.39, 0.29) is 5.91 Å². The number of para-hydroxylation sites is 1. The van der Waals surface area contributed by atoms with E-state index >= 15 is 0 Å². The average molecular weight is 629 g/mol. The maximum absolute atomic E-state index is 12.9. The molecule has 0 aliphatic rings. The Morgan fingerprint density at radius 1 is 0.881 bits per heavy atom. The molecule has 0 unspecified atom stereocenters. The first-order valence-electron chi connectivity index (χ1n) is 13.0. The zero-order valence-corrected chi connectivity index (χ0v) is 25.2. The molecule has 10 heteroatoms. The summed E-state index contributed by atoms with van der Waals surface area (Å²) in [6, 6.07) is 33.1. The van der Waals surface area contributed by atoms with Crippen LogP contribution in [-0.2, 0) is 12.2 Å². The number of carbonyl (C=O) groups is 1. The number of thioether (sulfide) groups is 1. The highest BCUT2D eigenvalue weighted by Crippen LogP contribution is 2.30. The Kier molecular flexibility index (Phi) is 8.67. The number of anilines is 1. The van der Waals surface area contributed by atoms with Crippen LogP contribution in [0.1, 0.15) is 26.4 Å². The van der Waals surface area contributed by atoms with Gasteiger partial charge in [-0.25, -0.2) is 4.98 Å². The first kappa shape index (κ1) is 28.2. The van der Waals surface area contributed by atoms with Crippen LogP contribution in [-0.4, -0.2) is 25.7 Å². The smallest absolute Gasteiger partial charge is 0.257 e. The molecule has 1 N–H and O–H groups in total. The number of benzene rings is 4. The molecule has 0 fully saturated rings. The summed E-state index contributed by atoms with van der Waals surface area (Å²) < 4.78 is 2.07. The van der Waals surface area contributed by atoms with Crippen LogP contribution >= 0.6 is 46.3 Å². The Bertz CT molecular complexity index is 1820. The lowest BCUT2D eigenvalue weighted by Crippen LogP contribution is -2.11. The Labute approximate surface area is 261 Å². The number of hydrogen-bond donors (Lipinski definition) is 1. The molecule has 0 spiro atoms. The van der Waals surface area contributed by atoms with Crippen molar-refractivity contribution in [3.05, 3.63) is 141 Å². The molecule has 6 rings (SSSR count). The lowest BCUT2D eigenvalue weighted by molar-refractivity contribution is 0.102. The van der Waals surface area contributed by atoms with Crippen LogP contribution in [0.5, 0.6) is 0 Å².